The Bertz CT molecular complexity index is 441. The zero-order chi connectivity index (χ0) is 14.2. The Morgan fingerprint density at radius 1 is 1.25 bits per heavy atom. The van der Waals surface area contributed by atoms with Gasteiger partial charge >= 0.3 is 0 Å². The van der Waals surface area contributed by atoms with Crippen molar-refractivity contribution in [2.75, 3.05) is 38.2 Å². The van der Waals surface area contributed by atoms with E-state index in [2.05, 4.69) is 10.6 Å². The molecular formula is C14H19N3O3. The van der Waals surface area contributed by atoms with Crippen molar-refractivity contribution in [3.63, 3.8) is 0 Å². The number of benzene rings is 1. The zero-order valence-corrected chi connectivity index (χ0v) is 11.3. The maximum atomic E-state index is 11.9. The molecule has 1 aliphatic rings. The third kappa shape index (κ3) is 4.24. The highest BCUT2D eigenvalue weighted by Crippen LogP contribution is 2.09. The molecule has 6 nitrogen and oxygen atoms in total. The van der Waals surface area contributed by atoms with Crippen LogP contribution >= 0.6 is 0 Å². The number of morpholine rings is 1. The Kier molecular flexibility index (Phi) is 5.37. The average molecular weight is 277 g/mol. The predicted molar refractivity (Wildman–Crippen MR) is 75.2 cm³/mol. The van der Waals surface area contributed by atoms with Crippen LogP contribution in [-0.4, -0.2) is 50.1 Å². The molecule has 0 bridgehead atoms. The summed E-state index contributed by atoms with van der Waals surface area (Å²) >= 11 is 0. The maximum absolute atomic E-state index is 11.9. The molecule has 0 aliphatic carbocycles. The Balaban J connectivity index is 1.78. The number of hydrogen-bond acceptors (Lipinski definition) is 4. The van der Waals surface area contributed by atoms with E-state index in [1.807, 2.05) is 24.3 Å². The number of nitrogens with zero attached hydrogens (tertiary/aromatic N) is 1. The van der Waals surface area contributed by atoms with Crippen LogP contribution in [0.1, 0.15) is 5.56 Å². The van der Waals surface area contributed by atoms with Crippen LogP contribution in [0.2, 0.25) is 0 Å². The predicted octanol–water partition coefficient (Wildman–Crippen LogP) is 0.203. The lowest BCUT2D eigenvalue weighted by molar-refractivity contribution is -0.133. The summed E-state index contributed by atoms with van der Waals surface area (Å²) in [4.78, 5) is 23.9. The number of ether oxygens (including phenoxy) is 1. The van der Waals surface area contributed by atoms with Crippen molar-refractivity contribution in [1.82, 2.24) is 10.2 Å². The van der Waals surface area contributed by atoms with Crippen molar-refractivity contribution in [1.29, 1.82) is 0 Å². The maximum Gasteiger partial charge on any atom is 0.242 e. The van der Waals surface area contributed by atoms with Crippen LogP contribution in [0.15, 0.2) is 24.3 Å². The first kappa shape index (κ1) is 14.3. The van der Waals surface area contributed by atoms with E-state index in [4.69, 9.17) is 4.74 Å². The van der Waals surface area contributed by atoms with Gasteiger partial charge in [0.2, 0.25) is 12.3 Å². The van der Waals surface area contributed by atoms with Crippen molar-refractivity contribution >= 4 is 18.0 Å². The smallest absolute Gasteiger partial charge is 0.242 e. The molecule has 108 valence electrons. The normalized spacial score (nSPS) is 14.7. The van der Waals surface area contributed by atoms with E-state index >= 15 is 0 Å². The molecule has 0 radical (unpaired) electrons. The first-order valence-corrected chi connectivity index (χ1v) is 6.65. The third-order valence-electron chi connectivity index (χ3n) is 3.15. The Morgan fingerprint density at radius 2 is 1.95 bits per heavy atom. The van der Waals surface area contributed by atoms with Crippen LogP contribution in [0.3, 0.4) is 0 Å². The first-order chi connectivity index (χ1) is 9.79. The second kappa shape index (κ2) is 7.49. The van der Waals surface area contributed by atoms with E-state index in [-0.39, 0.29) is 12.5 Å². The monoisotopic (exact) mass is 277 g/mol. The van der Waals surface area contributed by atoms with Gasteiger partial charge in [-0.3, -0.25) is 9.59 Å². The quantitative estimate of drug-likeness (QED) is 0.729. The Labute approximate surface area is 118 Å². The number of nitrogens with one attached hydrogen (secondary N) is 2. The van der Waals surface area contributed by atoms with Crippen LogP contribution in [-0.2, 0) is 20.9 Å². The van der Waals surface area contributed by atoms with Gasteiger partial charge in [0.1, 0.15) is 0 Å². The van der Waals surface area contributed by atoms with Crippen LogP contribution < -0.4 is 10.6 Å². The minimum atomic E-state index is 0.0833. The lowest BCUT2D eigenvalue weighted by Crippen LogP contribution is -2.43. The number of carbonyl (C=O) groups is 2. The molecule has 1 heterocycles. The molecule has 0 spiro atoms. The summed E-state index contributed by atoms with van der Waals surface area (Å²) in [6, 6.07) is 7.62. The van der Waals surface area contributed by atoms with Crippen LogP contribution in [0.25, 0.3) is 0 Å². The largest absolute Gasteiger partial charge is 0.378 e. The van der Waals surface area contributed by atoms with Gasteiger partial charge in [0.25, 0.3) is 0 Å². The fourth-order valence-corrected chi connectivity index (χ4v) is 2.00. The van der Waals surface area contributed by atoms with Gasteiger partial charge in [-0.15, -0.1) is 0 Å². The number of rotatable bonds is 6. The van der Waals surface area contributed by atoms with Crippen molar-refractivity contribution < 1.29 is 14.3 Å². The van der Waals surface area contributed by atoms with Crippen molar-refractivity contribution in [2.24, 2.45) is 0 Å². The molecule has 6 heteroatoms. The summed E-state index contributed by atoms with van der Waals surface area (Å²) in [6.07, 6.45) is 0.674. The second-order valence-corrected chi connectivity index (χ2v) is 4.54. The van der Waals surface area contributed by atoms with E-state index < -0.39 is 0 Å². The zero-order valence-electron chi connectivity index (χ0n) is 11.3. The lowest BCUT2D eigenvalue weighted by atomic mass is 10.2. The highest BCUT2D eigenvalue weighted by Gasteiger charge is 2.15. The van der Waals surface area contributed by atoms with Gasteiger partial charge < -0.3 is 20.3 Å². The second-order valence-electron chi connectivity index (χ2n) is 4.54. The molecule has 0 saturated carbocycles. The minimum absolute atomic E-state index is 0.0833. The van der Waals surface area contributed by atoms with E-state index in [9.17, 15) is 9.59 Å². The fraction of sp³-hybridized carbons (Fsp3) is 0.429. The molecule has 20 heavy (non-hydrogen) atoms. The Morgan fingerprint density at radius 3 is 2.60 bits per heavy atom. The molecule has 2 rings (SSSR count). The molecule has 1 fully saturated rings. The van der Waals surface area contributed by atoms with Crippen molar-refractivity contribution in [3.8, 4) is 0 Å². The summed E-state index contributed by atoms with van der Waals surface area (Å²) in [7, 11) is 0. The molecule has 0 aromatic heterocycles. The molecule has 0 atom stereocenters. The molecule has 2 amide bonds. The van der Waals surface area contributed by atoms with E-state index in [0.29, 0.717) is 39.3 Å². The van der Waals surface area contributed by atoms with E-state index in [0.717, 1.165) is 11.3 Å². The van der Waals surface area contributed by atoms with Gasteiger partial charge in [0.15, 0.2) is 0 Å². The number of amides is 2. The average Bonchev–Trinajstić information content (AvgIpc) is 2.52. The van der Waals surface area contributed by atoms with E-state index in [1.165, 1.54) is 0 Å². The fourth-order valence-electron chi connectivity index (χ4n) is 2.00. The number of anilines is 1. The Hall–Kier alpha value is -2.08. The van der Waals surface area contributed by atoms with Crippen LogP contribution in [0, 0.1) is 0 Å². The van der Waals surface area contributed by atoms with Crippen molar-refractivity contribution in [3.05, 3.63) is 29.8 Å². The van der Waals surface area contributed by atoms with Gasteiger partial charge in [-0.2, -0.15) is 0 Å². The topological polar surface area (TPSA) is 70.7 Å². The molecule has 2 N–H and O–H groups in total. The molecule has 0 unspecified atom stereocenters. The summed E-state index contributed by atoms with van der Waals surface area (Å²) in [5.41, 5.74) is 1.91. The van der Waals surface area contributed by atoms with E-state index in [1.54, 1.807) is 4.90 Å². The van der Waals surface area contributed by atoms with Crippen molar-refractivity contribution in [2.45, 2.75) is 6.54 Å². The lowest BCUT2D eigenvalue weighted by Gasteiger charge is -2.27. The van der Waals surface area contributed by atoms with Crippen LogP contribution in [0.5, 0.6) is 0 Å². The van der Waals surface area contributed by atoms with Gasteiger partial charge in [-0.1, -0.05) is 12.1 Å². The first-order valence-electron chi connectivity index (χ1n) is 6.65. The summed E-state index contributed by atoms with van der Waals surface area (Å²) in [6.45, 7) is 3.35. The summed E-state index contributed by atoms with van der Waals surface area (Å²) < 4.78 is 5.21. The minimum Gasteiger partial charge on any atom is -0.378 e. The molecule has 1 aliphatic heterocycles. The van der Waals surface area contributed by atoms with Gasteiger partial charge in [0, 0.05) is 25.3 Å². The standard InChI is InChI=1S/C14H19N3O3/c18-11-15-9-12-1-3-13(4-2-12)16-10-14(19)17-5-7-20-8-6-17/h1-4,11,16H,5-10H2,(H,15,18). The molecular weight excluding hydrogens is 258 g/mol. The molecule has 1 aromatic carbocycles. The third-order valence-corrected chi connectivity index (χ3v) is 3.15. The summed E-state index contributed by atoms with van der Waals surface area (Å²) in [5, 5.41) is 5.71. The van der Waals surface area contributed by atoms with Crippen LogP contribution in [0.4, 0.5) is 5.69 Å². The molecule has 1 saturated heterocycles. The van der Waals surface area contributed by atoms with Gasteiger partial charge in [0.05, 0.1) is 19.8 Å². The number of hydrogen-bond donors (Lipinski definition) is 2. The SMILES string of the molecule is O=CNCc1ccc(NCC(=O)N2CCOCC2)cc1. The number of carbonyl (C=O) groups excluding carboxylic acids is 2. The van der Waals surface area contributed by atoms with Gasteiger partial charge in [-0.05, 0) is 17.7 Å². The molecule has 1 aromatic rings. The van der Waals surface area contributed by atoms with Gasteiger partial charge in [-0.25, -0.2) is 0 Å². The highest BCUT2D eigenvalue weighted by molar-refractivity contribution is 5.80. The summed E-state index contributed by atoms with van der Waals surface area (Å²) in [5.74, 6) is 0.0833. The highest BCUT2D eigenvalue weighted by atomic mass is 16.5.